The summed E-state index contributed by atoms with van der Waals surface area (Å²) < 4.78 is 0. The molecular weight excluding hydrogens is 298 g/mol. The topological polar surface area (TPSA) is 95.7 Å². The van der Waals surface area contributed by atoms with Crippen LogP contribution in [0.2, 0.25) is 5.02 Å². The SMILES string of the molecule is O=C(CN1CCC(O)CC1)Nc1ccc([N+](=O)[O-])cc1Cl. The molecule has 0 spiro atoms. The Bertz CT molecular complexity index is 544. The third-order valence-corrected chi connectivity index (χ3v) is 3.67. The van der Waals surface area contributed by atoms with Gasteiger partial charge in [0.2, 0.25) is 5.91 Å². The smallest absolute Gasteiger partial charge is 0.271 e. The molecule has 2 N–H and O–H groups in total. The van der Waals surface area contributed by atoms with Crippen LogP contribution in [0.1, 0.15) is 12.8 Å². The van der Waals surface area contributed by atoms with E-state index in [0.29, 0.717) is 31.6 Å². The van der Waals surface area contributed by atoms with E-state index in [9.17, 15) is 20.0 Å². The van der Waals surface area contributed by atoms with Gasteiger partial charge in [-0.15, -0.1) is 0 Å². The lowest BCUT2D eigenvalue weighted by molar-refractivity contribution is -0.384. The number of nitrogens with zero attached hydrogens (tertiary/aromatic N) is 2. The molecule has 0 saturated carbocycles. The molecule has 1 heterocycles. The van der Waals surface area contributed by atoms with Gasteiger partial charge in [-0.05, 0) is 18.9 Å². The van der Waals surface area contributed by atoms with Crippen LogP contribution in [0.25, 0.3) is 0 Å². The number of aliphatic hydroxyl groups is 1. The molecule has 1 fully saturated rings. The molecule has 1 amide bonds. The summed E-state index contributed by atoms with van der Waals surface area (Å²) in [6.45, 7) is 1.55. The monoisotopic (exact) mass is 313 g/mol. The van der Waals surface area contributed by atoms with Gasteiger partial charge in [-0.3, -0.25) is 19.8 Å². The minimum absolute atomic E-state index is 0.122. The second kappa shape index (κ2) is 6.84. The van der Waals surface area contributed by atoms with Gasteiger partial charge < -0.3 is 10.4 Å². The van der Waals surface area contributed by atoms with Gasteiger partial charge in [0.05, 0.1) is 28.3 Å². The van der Waals surface area contributed by atoms with Gasteiger partial charge >= 0.3 is 0 Å². The summed E-state index contributed by atoms with van der Waals surface area (Å²) in [6, 6.07) is 3.91. The maximum Gasteiger partial charge on any atom is 0.271 e. The average Bonchev–Trinajstić information content (AvgIpc) is 2.43. The maximum atomic E-state index is 11.9. The zero-order valence-corrected chi connectivity index (χ0v) is 12.0. The van der Waals surface area contributed by atoms with Crippen LogP contribution in [0.15, 0.2) is 18.2 Å². The molecule has 1 saturated heterocycles. The van der Waals surface area contributed by atoms with Crippen molar-refractivity contribution in [3.63, 3.8) is 0 Å². The Morgan fingerprint density at radius 3 is 2.71 bits per heavy atom. The summed E-state index contributed by atoms with van der Waals surface area (Å²) in [4.78, 5) is 23.9. The second-order valence-corrected chi connectivity index (χ2v) is 5.38. The van der Waals surface area contributed by atoms with Crippen molar-refractivity contribution in [2.45, 2.75) is 18.9 Å². The van der Waals surface area contributed by atoms with E-state index in [4.69, 9.17) is 11.6 Å². The van der Waals surface area contributed by atoms with Crippen molar-refractivity contribution in [3.05, 3.63) is 33.3 Å². The summed E-state index contributed by atoms with van der Waals surface area (Å²) in [6.07, 6.45) is 1.03. The zero-order valence-electron chi connectivity index (χ0n) is 11.3. The summed E-state index contributed by atoms with van der Waals surface area (Å²) in [5, 5.41) is 22.8. The first kappa shape index (κ1) is 15.7. The molecule has 0 radical (unpaired) electrons. The first-order valence-corrected chi connectivity index (χ1v) is 6.97. The van der Waals surface area contributed by atoms with Crippen LogP contribution >= 0.6 is 11.6 Å². The van der Waals surface area contributed by atoms with Gasteiger partial charge in [0.25, 0.3) is 5.69 Å². The number of hydrogen-bond donors (Lipinski definition) is 2. The van der Waals surface area contributed by atoms with Crippen molar-refractivity contribution in [1.29, 1.82) is 0 Å². The Balaban J connectivity index is 1.92. The van der Waals surface area contributed by atoms with E-state index in [-0.39, 0.29) is 29.3 Å². The summed E-state index contributed by atoms with van der Waals surface area (Å²) in [5.74, 6) is -0.234. The normalized spacial score (nSPS) is 16.7. The van der Waals surface area contributed by atoms with E-state index in [1.807, 2.05) is 4.90 Å². The number of piperidine rings is 1. The van der Waals surface area contributed by atoms with Crippen LogP contribution < -0.4 is 5.32 Å². The summed E-state index contributed by atoms with van der Waals surface area (Å²) in [5.41, 5.74) is 0.229. The van der Waals surface area contributed by atoms with Crippen molar-refractivity contribution >= 4 is 28.9 Å². The molecule has 8 heteroatoms. The van der Waals surface area contributed by atoms with Crippen LogP contribution in [-0.2, 0) is 4.79 Å². The van der Waals surface area contributed by atoms with Crippen LogP contribution in [0.5, 0.6) is 0 Å². The highest BCUT2D eigenvalue weighted by Crippen LogP contribution is 2.26. The van der Waals surface area contributed by atoms with Crippen LogP contribution in [-0.4, -0.2) is 46.6 Å². The number of halogens is 1. The number of nitrogens with one attached hydrogen (secondary N) is 1. The van der Waals surface area contributed by atoms with Gasteiger partial charge in [-0.2, -0.15) is 0 Å². The van der Waals surface area contributed by atoms with Gasteiger partial charge in [-0.25, -0.2) is 0 Å². The van der Waals surface area contributed by atoms with E-state index in [0.717, 1.165) is 0 Å². The number of rotatable bonds is 4. The first-order chi connectivity index (χ1) is 9.95. The van der Waals surface area contributed by atoms with Crippen molar-refractivity contribution in [2.24, 2.45) is 0 Å². The van der Waals surface area contributed by atoms with Crippen molar-refractivity contribution < 1.29 is 14.8 Å². The first-order valence-electron chi connectivity index (χ1n) is 6.60. The van der Waals surface area contributed by atoms with Crippen molar-refractivity contribution in [1.82, 2.24) is 4.90 Å². The molecule has 1 aliphatic rings. The number of likely N-dealkylation sites (tertiary alicyclic amines) is 1. The molecule has 7 nitrogen and oxygen atoms in total. The number of nitro groups is 1. The molecular formula is C13H16ClN3O4. The quantitative estimate of drug-likeness (QED) is 0.651. The van der Waals surface area contributed by atoms with Gasteiger partial charge in [0.15, 0.2) is 0 Å². The zero-order chi connectivity index (χ0) is 15.4. The summed E-state index contributed by atoms with van der Waals surface area (Å²) in [7, 11) is 0. The standard InChI is InChI=1S/C13H16ClN3O4/c14-11-7-9(17(20)21)1-2-12(11)15-13(19)8-16-5-3-10(18)4-6-16/h1-2,7,10,18H,3-6,8H2,(H,15,19). The number of aliphatic hydroxyl groups excluding tert-OH is 1. The molecule has 114 valence electrons. The van der Waals surface area contributed by atoms with E-state index < -0.39 is 4.92 Å². The molecule has 1 aromatic rings. The summed E-state index contributed by atoms with van der Waals surface area (Å²) >= 11 is 5.91. The lowest BCUT2D eigenvalue weighted by atomic mass is 10.1. The number of carbonyl (C=O) groups excluding carboxylic acids is 1. The minimum Gasteiger partial charge on any atom is -0.393 e. The fraction of sp³-hybridized carbons (Fsp3) is 0.462. The maximum absolute atomic E-state index is 11.9. The molecule has 1 aromatic carbocycles. The Morgan fingerprint density at radius 2 is 2.14 bits per heavy atom. The molecule has 2 rings (SSSR count). The van der Waals surface area contributed by atoms with E-state index >= 15 is 0 Å². The van der Waals surface area contributed by atoms with Crippen LogP contribution in [0.3, 0.4) is 0 Å². The van der Waals surface area contributed by atoms with Crippen molar-refractivity contribution in [3.8, 4) is 0 Å². The molecule has 0 unspecified atom stereocenters. The molecule has 0 aromatic heterocycles. The average molecular weight is 314 g/mol. The van der Waals surface area contributed by atoms with Gasteiger partial charge in [0.1, 0.15) is 0 Å². The molecule has 0 bridgehead atoms. The van der Waals surface area contributed by atoms with Crippen molar-refractivity contribution in [2.75, 3.05) is 25.0 Å². The third-order valence-electron chi connectivity index (χ3n) is 3.36. The predicted molar refractivity (Wildman–Crippen MR) is 78.4 cm³/mol. The highest BCUT2D eigenvalue weighted by atomic mass is 35.5. The fourth-order valence-electron chi connectivity index (χ4n) is 2.19. The number of benzene rings is 1. The lowest BCUT2D eigenvalue weighted by Crippen LogP contribution is -2.40. The number of carbonyl (C=O) groups is 1. The second-order valence-electron chi connectivity index (χ2n) is 4.98. The number of anilines is 1. The molecule has 0 aliphatic carbocycles. The number of nitro benzene ring substituents is 1. The van der Waals surface area contributed by atoms with Gasteiger partial charge in [-0.1, -0.05) is 11.6 Å². The van der Waals surface area contributed by atoms with E-state index in [1.54, 1.807) is 0 Å². The molecule has 21 heavy (non-hydrogen) atoms. The highest BCUT2D eigenvalue weighted by molar-refractivity contribution is 6.34. The largest absolute Gasteiger partial charge is 0.393 e. The Morgan fingerprint density at radius 1 is 1.48 bits per heavy atom. The molecule has 0 atom stereocenters. The number of amides is 1. The molecule has 1 aliphatic heterocycles. The fourth-order valence-corrected chi connectivity index (χ4v) is 2.41. The Labute approximate surface area is 126 Å². The van der Waals surface area contributed by atoms with E-state index in [2.05, 4.69) is 5.32 Å². The minimum atomic E-state index is -0.545. The Hall–Kier alpha value is -1.70. The van der Waals surface area contributed by atoms with E-state index in [1.165, 1.54) is 18.2 Å². The lowest BCUT2D eigenvalue weighted by Gasteiger charge is -2.28. The van der Waals surface area contributed by atoms with Crippen LogP contribution in [0, 0.1) is 10.1 Å². The predicted octanol–water partition coefficient (Wildman–Crippen LogP) is 1.64. The number of hydrogen-bond acceptors (Lipinski definition) is 5. The Kier molecular flexibility index (Phi) is 5.11. The van der Waals surface area contributed by atoms with Gasteiger partial charge in [0, 0.05) is 25.2 Å². The number of non-ortho nitro benzene ring substituents is 1. The highest BCUT2D eigenvalue weighted by Gasteiger charge is 2.19. The van der Waals surface area contributed by atoms with Crippen LogP contribution in [0.4, 0.5) is 11.4 Å². The third kappa shape index (κ3) is 4.38.